The molecule has 0 spiro atoms. The monoisotopic (exact) mass is 478 g/mol. The van der Waals surface area contributed by atoms with Crippen LogP contribution in [0.4, 0.5) is 5.82 Å². The van der Waals surface area contributed by atoms with E-state index in [0.29, 0.717) is 34.3 Å². The molecule has 0 unspecified atom stereocenters. The number of fused-ring (bicyclic) bond motifs is 2. The second kappa shape index (κ2) is 9.26. The standard InChI is InChI=1S/C23H23BrN6O/c1-2-3-6-12-26-23(31)19-20-22(29-18-11-5-4-10-17(18)28-20)30(21(19)25)27-14-15-8-7-9-16(24)13-15/h4-5,7-11,13-14H,2-3,6,12,25H2,1H3,(H,26,31)/b27-14-. The van der Waals surface area contributed by atoms with Crippen LogP contribution in [0, 0.1) is 0 Å². The molecule has 2 aromatic heterocycles. The molecule has 0 saturated heterocycles. The lowest BCUT2D eigenvalue weighted by Gasteiger charge is -2.05. The molecule has 2 heterocycles. The predicted molar refractivity (Wildman–Crippen MR) is 128 cm³/mol. The molecular weight excluding hydrogens is 456 g/mol. The van der Waals surface area contributed by atoms with Gasteiger partial charge in [0.2, 0.25) is 0 Å². The molecule has 3 N–H and O–H groups in total. The van der Waals surface area contributed by atoms with Gasteiger partial charge < -0.3 is 11.1 Å². The Bertz CT molecular complexity index is 1280. The number of amides is 1. The first-order valence-corrected chi connectivity index (χ1v) is 11.0. The summed E-state index contributed by atoms with van der Waals surface area (Å²) in [5, 5.41) is 7.48. The van der Waals surface area contributed by atoms with E-state index in [1.54, 1.807) is 6.21 Å². The number of carbonyl (C=O) groups excluding carboxylic acids is 1. The van der Waals surface area contributed by atoms with Crippen LogP contribution in [0.5, 0.6) is 0 Å². The summed E-state index contributed by atoms with van der Waals surface area (Å²) < 4.78 is 2.43. The topological polar surface area (TPSA) is 98.2 Å². The van der Waals surface area contributed by atoms with Gasteiger partial charge in [0, 0.05) is 11.0 Å². The van der Waals surface area contributed by atoms with Crippen LogP contribution in [-0.4, -0.2) is 33.3 Å². The molecule has 4 aromatic rings. The van der Waals surface area contributed by atoms with Crippen LogP contribution in [0.25, 0.3) is 22.2 Å². The molecule has 7 nitrogen and oxygen atoms in total. The van der Waals surface area contributed by atoms with Gasteiger partial charge in [-0.1, -0.05) is 60.0 Å². The van der Waals surface area contributed by atoms with Gasteiger partial charge in [-0.25, -0.2) is 9.97 Å². The number of nitrogens with one attached hydrogen (secondary N) is 1. The minimum Gasteiger partial charge on any atom is -0.383 e. The number of para-hydroxylation sites is 2. The van der Waals surface area contributed by atoms with Crippen molar-refractivity contribution < 1.29 is 4.79 Å². The number of nitrogen functional groups attached to an aromatic ring is 1. The average Bonchev–Trinajstić information content (AvgIpc) is 3.04. The molecule has 1 amide bonds. The maximum Gasteiger partial charge on any atom is 0.257 e. The van der Waals surface area contributed by atoms with Gasteiger partial charge in [-0.05, 0) is 36.2 Å². The molecule has 0 saturated carbocycles. The first-order chi connectivity index (χ1) is 15.1. The summed E-state index contributed by atoms with van der Waals surface area (Å²) in [6.07, 6.45) is 4.73. The zero-order chi connectivity index (χ0) is 21.8. The summed E-state index contributed by atoms with van der Waals surface area (Å²) in [7, 11) is 0. The Hall–Kier alpha value is -3.26. The van der Waals surface area contributed by atoms with Crippen molar-refractivity contribution in [2.75, 3.05) is 12.3 Å². The zero-order valence-corrected chi connectivity index (χ0v) is 18.8. The molecule has 2 aromatic carbocycles. The predicted octanol–water partition coefficient (Wildman–Crippen LogP) is 4.73. The lowest BCUT2D eigenvalue weighted by Crippen LogP contribution is -2.25. The summed E-state index contributed by atoms with van der Waals surface area (Å²) in [5.41, 5.74) is 9.88. The number of anilines is 1. The van der Waals surface area contributed by atoms with Crippen molar-refractivity contribution in [3.05, 3.63) is 64.1 Å². The summed E-state index contributed by atoms with van der Waals surface area (Å²) >= 11 is 3.46. The molecule has 0 aliphatic carbocycles. The Labute approximate surface area is 188 Å². The van der Waals surface area contributed by atoms with Crippen molar-refractivity contribution in [3.63, 3.8) is 0 Å². The minimum atomic E-state index is -0.264. The number of hydrogen-bond donors (Lipinski definition) is 2. The number of halogens is 1. The molecule has 4 rings (SSSR count). The second-order valence-corrected chi connectivity index (χ2v) is 8.13. The number of rotatable bonds is 7. The van der Waals surface area contributed by atoms with Crippen LogP contribution in [0.3, 0.4) is 0 Å². The van der Waals surface area contributed by atoms with Gasteiger partial charge in [-0.2, -0.15) is 9.78 Å². The van der Waals surface area contributed by atoms with Crippen LogP contribution >= 0.6 is 15.9 Å². The number of aromatic nitrogens is 3. The van der Waals surface area contributed by atoms with Gasteiger partial charge in [0.15, 0.2) is 5.65 Å². The van der Waals surface area contributed by atoms with Crippen LogP contribution in [0.15, 0.2) is 58.1 Å². The SMILES string of the molecule is CCCCCNC(=O)c1c(N)n(/N=C\c2cccc(Br)c2)c2nc3ccccc3nc12. The third-order valence-corrected chi connectivity index (χ3v) is 5.43. The Kier molecular flexibility index (Phi) is 6.27. The smallest absolute Gasteiger partial charge is 0.257 e. The Morgan fingerprint density at radius 1 is 1.16 bits per heavy atom. The highest BCUT2D eigenvalue weighted by Crippen LogP contribution is 2.27. The van der Waals surface area contributed by atoms with E-state index in [9.17, 15) is 4.79 Å². The molecular formula is C23H23BrN6O. The molecule has 0 atom stereocenters. The van der Waals surface area contributed by atoms with Gasteiger partial charge in [-0.3, -0.25) is 4.79 Å². The molecule has 0 fully saturated rings. The van der Waals surface area contributed by atoms with Crippen LogP contribution < -0.4 is 11.1 Å². The summed E-state index contributed by atoms with van der Waals surface area (Å²) in [4.78, 5) is 22.4. The van der Waals surface area contributed by atoms with E-state index in [0.717, 1.165) is 29.3 Å². The number of carbonyl (C=O) groups is 1. The highest BCUT2D eigenvalue weighted by atomic mass is 79.9. The van der Waals surface area contributed by atoms with Crippen LogP contribution in [0.2, 0.25) is 0 Å². The van der Waals surface area contributed by atoms with E-state index in [1.807, 2.05) is 48.5 Å². The number of nitrogens with two attached hydrogens (primary N) is 1. The van der Waals surface area contributed by atoms with Crippen LogP contribution in [0.1, 0.15) is 42.1 Å². The zero-order valence-electron chi connectivity index (χ0n) is 17.2. The van der Waals surface area contributed by atoms with Crippen molar-refractivity contribution in [2.24, 2.45) is 5.10 Å². The van der Waals surface area contributed by atoms with Gasteiger partial charge in [-0.15, -0.1) is 0 Å². The molecule has 0 aliphatic rings. The molecule has 31 heavy (non-hydrogen) atoms. The number of nitrogens with zero attached hydrogens (tertiary/aromatic N) is 4. The highest BCUT2D eigenvalue weighted by Gasteiger charge is 2.23. The van der Waals surface area contributed by atoms with E-state index in [2.05, 4.69) is 38.3 Å². The van der Waals surface area contributed by atoms with E-state index in [1.165, 1.54) is 4.68 Å². The molecule has 8 heteroatoms. The first-order valence-electron chi connectivity index (χ1n) is 10.2. The number of benzene rings is 2. The van der Waals surface area contributed by atoms with Crippen molar-refractivity contribution in [2.45, 2.75) is 26.2 Å². The van der Waals surface area contributed by atoms with E-state index in [-0.39, 0.29) is 11.7 Å². The molecule has 0 bridgehead atoms. The van der Waals surface area contributed by atoms with E-state index < -0.39 is 0 Å². The van der Waals surface area contributed by atoms with Gasteiger partial charge in [0.1, 0.15) is 16.9 Å². The van der Waals surface area contributed by atoms with E-state index >= 15 is 0 Å². The summed E-state index contributed by atoms with van der Waals surface area (Å²) in [5.74, 6) is -0.0517. The number of hydrogen-bond acceptors (Lipinski definition) is 5. The largest absolute Gasteiger partial charge is 0.383 e. The lowest BCUT2D eigenvalue weighted by molar-refractivity contribution is 0.0955. The van der Waals surface area contributed by atoms with Crippen molar-refractivity contribution in [3.8, 4) is 0 Å². The Morgan fingerprint density at radius 3 is 2.68 bits per heavy atom. The van der Waals surface area contributed by atoms with Crippen LogP contribution in [-0.2, 0) is 0 Å². The van der Waals surface area contributed by atoms with Gasteiger partial charge >= 0.3 is 0 Å². The lowest BCUT2D eigenvalue weighted by atomic mass is 10.2. The normalized spacial score (nSPS) is 11.5. The molecule has 0 radical (unpaired) electrons. The summed E-state index contributed by atoms with van der Waals surface area (Å²) in [6.45, 7) is 2.71. The minimum absolute atomic E-state index is 0.213. The highest BCUT2D eigenvalue weighted by molar-refractivity contribution is 9.10. The average molecular weight is 479 g/mol. The molecule has 158 valence electrons. The maximum atomic E-state index is 13.0. The fourth-order valence-corrected chi connectivity index (χ4v) is 3.78. The van der Waals surface area contributed by atoms with Gasteiger partial charge in [0.05, 0.1) is 17.2 Å². The fraction of sp³-hybridized carbons (Fsp3) is 0.217. The Morgan fingerprint density at radius 2 is 1.94 bits per heavy atom. The third kappa shape index (κ3) is 4.44. The quantitative estimate of drug-likeness (QED) is 0.296. The molecule has 0 aliphatic heterocycles. The first kappa shape index (κ1) is 21.0. The van der Waals surface area contributed by atoms with Crippen molar-refractivity contribution in [1.29, 1.82) is 0 Å². The van der Waals surface area contributed by atoms with E-state index in [4.69, 9.17) is 10.7 Å². The van der Waals surface area contributed by atoms with Crippen molar-refractivity contribution >= 4 is 56.1 Å². The number of unbranched alkanes of at least 4 members (excludes halogenated alkanes) is 2. The fourth-order valence-electron chi connectivity index (χ4n) is 3.36. The van der Waals surface area contributed by atoms with Gasteiger partial charge in [0.25, 0.3) is 5.91 Å². The third-order valence-electron chi connectivity index (χ3n) is 4.94. The van der Waals surface area contributed by atoms with Crippen molar-refractivity contribution in [1.82, 2.24) is 20.0 Å². The second-order valence-electron chi connectivity index (χ2n) is 7.22. The summed E-state index contributed by atoms with van der Waals surface area (Å²) in [6, 6.07) is 15.2. The Balaban J connectivity index is 1.81. The maximum absolute atomic E-state index is 13.0.